The van der Waals surface area contributed by atoms with Crippen molar-refractivity contribution < 1.29 is 14.0 Å². The molecule has 1 rings (SSSR count). The van der Waals surface area contributed by atoms with Gasteiger partial charge in [-0.3, -0.25) is 4.48 Å². The molecule has 1 atom stereocenters. The van der Waals surface area contributed by atoms with Gasteiger partial charge in [-0.25, -0.2) is 4.79 Å². The number of rotatable bonds is 8. The van der Waals surface area contributed by atoms with Crippen LogP contribution in [0.3, 0.4) is 0 Å². The minimum atomic E-state index is -0.353. The van der Waals surface area contributed by atoms with Crippen molar-refractivity contribution in [2.75, 3.05) is 20.3 Å². The molecule has 0 N–H and O–H groups in total. The predicted octanol–water partition coefficient (Wildman–Crippen LogP) is 3.12. The highest BCUT2D eigenvalue weighted by Crippen LogP contribution is 2.14. The number of hydrogen-bond acceptors (Lipinski definition) is 2. The van der Waals surface area contributed by atoms with Gasteiger partial charge in [0, 0.05) is 11.6 Å². The summed E-state index contributed by atoms with van der Waals surface area (Å²) in [6.45, 7) is 7.85. The number of unbranched alkanes of at least 4 members (excludes halogenated alkanes) is 1. The second-order valence-corrected chi connectivity index (χ2v) is 5.14. The summed E-state index contributed by atoms with van der Waals surface area (Å²) >= 11 is 0. The number of carbonyl (C=O) groups excluding carboxylic acids is 1. The molecule has 1 aromatic rings. The summed E-state index contributed by atoms with van der Waals surface area (Å²) < 4.78 is 5.95. The zero-order valence-electron chi connectivity index (χ0n) is 12.0. The average molecular weight is 262 g/mol. The minimum absolute atomic E-state index is 0.353. The highest BCUT2D eigenvalue weighted by Gasteiger charge is 2.23. The summed E-state index contributed by atoms with van der Waals surface area (Å²) in [5.74, 6) is -0.353. The van der Waals surface area contributed by atoms with Crippen molar-refractivity contribution in [1.82, 2.24) is 0 Å². The fourth-order valence-electron chi connectivity index (χ4n) is 2.03. The first-order valence-electron chi connectivity index (χ1n) is 6.76. The van der Waals surface area contributed by atoms with Crippen molar-refractivity contribution in [2.45, 2.75) is 26.3 Å². The van der Waals surface area contributed by atoms with E-state index in [0.29, 0.717) is 11.2 Å². The van der Waals surface area contributed by atoms with Crippen molar-refractivity contribution >= 4 is 5.97 Å². The Morgan fingerprint density at radius 3 is 2.63 bits per heavy atom. The molecule has 0 amide bonds. The summed E-state index contributed by atoms with van der Waals surface area (Å²) in [5, 5.41) is 0. The molecule has 1 unspecified atom stereocenters. The third-order valence-corrected chi connectivity index (χ3v) is 3.14. The molecule has 0 saturated heterocycles. The van der Waals surface area contributed by atoms with Gasteiger partial charge in [-0.15, -0.1) is 0 Å². The van der Waals surface area contributed by atoms with E-state index in [9.17, 15) is 4.79 Å². The van der Waals surface area contributed by atoms with Crippen LogP contribution in [0.4, 0.5) is 0 Å². The Morgan fingerprint density at radius 2 is 2.05 bits per heavy atom. The Labute approximate surface area is 116 Å². The molecule has 0 saturated carbocycles. The Morgan fingerprint density at radius 1 is 1.37 bits per heavy atom. The standard InChI is InChI=1S/C16H24NO2/c1-4-6-12-17(3,14-19-16(18)5-2)13-15-10-8-7-9-11-15/h5,7-11H,2,4,6,12-14H2,1,3H3/q+1. The van der Waals surface area contributed by atoms with Gasteiger partial charge in [0.25, 0.3) is 0 Å². The molecule has 0 spiro atoms. The third kappa shape index (κ3) is 5.71. The summed E-state index contributed by atoms with van der Waals surface area (Å²) in [7, 11) is 2.12. The van der Waals surface area contributed by atoms with Gasteiger partial charge in [0.15, 0.2) is 0 Å². The summed E-state index contributed by atoms with van der Waals surface area (Å²) in [5.41, 5.74) is 1.26. The van der Waals surface area contributed by atoms with Gasteiger partial charge in [0.2, 0.25) is 6.73 Å². The Bertz CT molecular complexity index is 402. The van der Waals surface area contributed by atoms with Crippen LogP contribution in [0.1, 0.15) is 25.3 Å². The Kier molecular flexibility index (Phi) is 6.30. The van der Waals surface area contributed by atoms with Crippen LogP contribution in [0.5, 0.6) is 0 Å². The molecule has 3 nitrogen and oxygen atoms in total. The highest BCUT2D eigenvalue weighted by molar-refractivity contribution is 5.81. The van der Waals surface area contributed by atoms with E-state index in [-0.39, 0.29) is 5.97 Å². The van der Waals surface area contributed by atoms with Crippen LogP contribution < -0.4 is 0 Å². The smallest absolute Gasteiger partial charge is 0.334 e. The van der Waals surface area contributed by atoms with Crippen molar-refractivity contribution in [2.24, 2.45) is 0 Å². The number of carbonyl (C=O) groups is 1. The molecule has 0 aromatic heterocycles. The van der Waals surface area contributed by atoms with Gasteiger partial charge in [-0.05, 0) is 6.42 Å². The van der Waals surface area contributed by atoms with Crippen LogP contribution in [-0.4, -0.2) is 30.8 Å². The van der Waals surface area contributed by atoms with Crippen LogP contribution in [0.25, 0.3) is 0 Å². The molecule has 3 heteroatoms. The lowest BCUT2D eigenvalue weighted by Gasteiger charge is -2.33. The van der Waals surface area contributed by atoms with Gasteiger partial charge in [0.05, 0.1) is 13.6 Å². The maximum absolute atomic E-state index is 11.2. The number of hydrogen-bond donors (Lipinski definition) is 0. The largest absolute Gasteiger partial charge is 0.412 e. The molecule has 1 aromatic carbocycles. The van der Waals surface area contributed by atoms with Crippen LogP contribution in [0.2, 0.25) is 0 Å². The Balaban J connectivity index is 2.68. The van der Waals surface area contributed by atoms with E-state index in [1.807, 2.05) is 18.2 Å². The van der Waals surface area contributed by atoms with Crippen molar-refractivity contribution in [3.05, 3.63) is 48.6 Å². The van der Waals surface area contributed by atoms with Crippen LogP contribution in [0.15, 0.2) is 43.0 Å². The van der Waals surface area contributed by atoms with E-state index in [1.165, 1.54) is 11.6 Å². The van der Waals surface area contributed by atoms with Crippen molar-refractivity contribution in [3.8, 4) is 0 Å². The maximum Gasteiger partial charge on any atom is 0.334 e. The molecular weight excluding hydrogens is 238 g/mol. The van der Waals surface area contributed by atoms with Gasteiger partial charge in [0.1, 0.15) is 6.54 Å². The monoisotopic (exact) mass is 262 g/mol. The first-order chi connectivity index (χ1) is 9.09. The van der Waals surface area contributed by atoms with E-state index in [2.05, 4.69) is 32.7 Å². The van der Waals surface area contributed by atoms with E-state index < -0.39 is 0 Å². The molecular formula is C16H24NO2+. The van der Waals surface area contributed by atoms with Gasteiger partial charge >= 0.3 is 5.97 Å². The van der Waals surface area contributed by atoms with Crippen molar-refractivity contribution in [1.29, 1.82) is 0 Å². The van der Waals surface area contributed by atoms with Gasteiger partial charge < -0.3 is 4.74 Å². The second kappa shape index (κ2) is 7.74. The first kappa shape index (κ1) is 15.4. The van der Waals surface area contributed by atoms with Gasteiger partial charge in [-0.2, -0.15) is 0 Å². The number of quaternary nitrogens is 1. The minimum Gasteiger partial charge on any atom is -0.412 e. The second-order valence-electron chi connectivity index (χ2n) is 5.14. The van der Waals surface area contributed by atoms with E-state index in [0.717, 1.165) is 25.9 Å². The van der Waals surface area contributed by atoms with Crippen LogP contribution in [-0.2, 0) is 16.1 Å². The number of esters is 1. The highest BCUT2D eigenvalue weighted by atomic mass is 16.5. The number of benzene rings is 1. The molecule has 0 radical (unpaired) electrons. The normalized spacial score (nSPS) is 13.6. The van der Waals surface area contributed by atoms with Gasteiger partial charge in [-0.1, -0.05) is 50.3 Å². The first-order valence-corrected chi connectivity index (χ1v) is 6.76. The van der Waals surface area contributed by atoms with E-state index in [4.69, 9.17) is 4.74 Å². The molecule has 19 heavy (non-hydrogen) atoms. The average Bonchev–Trinajstić information content (AvgIpc) is 2.44. The Hall–Kier alpha value is -1.61. The van der Waals surface area contributed by atoms with Crippen LogP contribution >= 0.6 is 0 Å². The number of nitrogens with zero attached hydrogens (tertiary/aromatic N) is 1. The summed E-state index contributed by atoms with van der Waals surface area (Å²) in [4.78, 5) is 11.2. The molecule has 0 bridgehead atoms. The lowest BCUT2D eigenvalue weighted by atomic mass is 10.2. The lowest BCUT2D eigenvalue weighted by molar-refractivity contribution is -0.938. The fraction of sp³-hybridized carbons (Fsp3) is 0.438. The topological polar surface area (TPSA) is 26.3 Å². The molecule has 0 aliphatic carbocycles. The van der Waals surface area contributed by atoms with Crippen LogP contribution in [0, 0.1) is 0 Å². The zero-order chi connectivity index (χ0) is 14.1. The predicted molar refractivity (Wildman–Crippen MR) is 77.3 cm³/mol. The molecule has 0 aliphatic heterocycles. The molecule has 0 heterocycles. The SMILES string of the molecule is C=CC(=O)OC[N+](C)(CCCC)Cc1ccccc1. The zero-order valence-corrected chi connectivity index (χ0v) is 12.0. The quantitative estimate of drug-likeness (QED) is 0.311. The number of ether oxygens (including phenoxy) is 1. The fourth-order valence-corrected chi connectivity index (χ4v) is 2.03. The molecule has 0 aliphatic rings. The summed E-state index contributed by atoms with van der Waals surface area (Å²) in [6.07, 6.45) is 3.47. The summed E-state index contributed by atoms with van der Waals surface area (Å²) in [6, 6.07) is 10.3. The maximum atomic E-state index is 11.2. The third-order valence-electron chi connectivity index (χ3n) is 3.14. The lowest BCUT2D eigenvalue weighted by Crippen LogP contribution is -2.46. The van der Waals surface area contributed by atoms with E-state index >= 15 is 0 Å². The molecule has 0 fully saturated rings. The van der Waals surface area contributed by atoms with E-state index in [1.54, 1.807) is 0 Å². The molecule has 104 valence electrons. The van der Waals surface area contributed by atoms with Crippen molar-refractivity contribution in [3.63, 3.8) is 0 Å².